The molecule has 1 aromatic heterocycles. The average Bonchev–Trinajstić information content (AvgIpc) is 2.56. The lowest BCUT2D eigenvalue weighted by molar-refractivity contribution is 1.55. The normalized spacial score (nSPS) is 12.2. The number of rotatable bonds is 3. The fraction of sp³-hybridized carbons (Fsp3) is 0.100. The Morgan fingerprint density at radius 1 is 1.67 bits per heavy atom. The molecular weight excluding hydrogens is 166 g/mol. The summed E-state index contributed by atoms with van der Waals surface area (Å²) in [5.41, 5.74) is 2.12. The van der Waals surface area contributed by atoms with Gasteiger partial charge in [0.15, 0.2) is 0 Å². The Morgan fingerprint density at radius 2 is 2.50 bits per heavy atom. The van der Waals surface area contributed by atoms with Gasteiger partial charge in [-0.3, -0.25) is 4.99 Å². The zero-order valence-corrected chi connectivity index (χ0v) is 7.84. The summed E-state index contributed by atoms with van der Waals surface area (Å²) in [6.07, 6.45) is 5.44. The lowest BCUT2D eigenvalue weighted by atomic mass is 10.2. The summed E-state index contributed by atoms with van der Waals surface area (Å²) in [5, 5.41) is 4.11. The van der Waals surface area contributed by atoms with Crippen LogP contribution in [0.4, 0.5) is 0 Å². The van der Waals surface area contributed by atoms with Crippen LogP contribution in [0.25, 0.3) is 5.70 Å². The van der Waals surface area contributed by atoms with E-state index in [9.17, 15) is 0 Å². The van der Waals surface area contributed by atoms with Gasteiger partial charge in [0.05, 0.1) is 5.70 Å². The van der Waals surface area contributed by atoms with Crippen molar-refractivity contribution in [2.24, 2.45) is 4.99 Å². The third kappa shape index (κ3) is 2.17. The number of hydrogen-bond acceptors (Lipinski definition) is 2. The van der Waals surface area contributed by atoms with Crippen LogP contribution in [-0.2, 0) is 0 Å². The van der Waals surface area contributed by atoms with Gasteiger partial charge in [-0.25, -0.2) is 0 Å². The smallest absolute Gasteiger partial charge is 0.0706 e. The summed E-state index contributed by atoms with van der Waals surface area (Å²) in [7, 11) is 0. The molecule has 12 heavy (non-hydrogen) atoms. The highest BCUT2D eigenvalue weighted by atomic mass is 32.1. The first-order valence-corrected chi connectivity index (χ1v) is 4.66. The van der Waals surface area contributed by atoms with E-state index in [1.54, 1.807) is 23.6 Å². The number of aliphatic imine (C=N–C) groups is 1. The molecule has 0 bridgehead atoms. The van der Waals surface area contributed by atoms with Crippen molar-refractivity contribution in [1.82, 2.24) is 0 Å². The van der Waals surface area contributed by atoms with Gasteiger partial charge in [0, 0.05) is 17.2 Å². The minimum atomic E-state index is 0.966. The second kappa shape index (κ2) is 4.67. The molecule has 0 aliphatic heterocycles. The van der Waals surface area contributed by atoms with Crippen molar-refractivity contribution in [2.75, 3.05) is 0 Å². The van der Waals surface area contributed by atoms with Crippen molar-refractivity contribution in [3.63, 3.8) is 0 Å². The van der Waals surface area contributed by atoms with Crippen LogP contribution in [0.15, 0.2) is 40.5 Å². The maximum absolute atomic E-state index is 4.23. The molecular formula is C10H11NS. The molecule has 1 heterocycles. The second-order valence-corrected chi connectivity index (χ2v) is 2.97. The average molecular weight is 177 g/mol. The number of hydrogen-bond donors (Lipinski definition) is 0. The summed E-state index contributed by atoms with van der Waals surface area (Å²) in [6.45, 7) is 5.55. The Balaban J connectivity index is 2.95. The molecule has 0 spiro atoms. The van der Waals surface area contributed by atoms with E-state index in [0.717, 1.165) is 11.3 Å². The minimum Gasteiger partial charge on any atom is -0.261 e. The molecule has 1 rings (SSSR count). The van der Waals surface area contributed by atoms with Gasteiger partial charge in [-0.15, -0.1) is 0 Å². The zero-order valence-electron chi connectivity index (χ0n) is 7.03. The molecule has 0 N–H and O–H groups in total. The van der Waals surface area contributed by atoms with E-state index < -0.39 is 0 Å². The van der Waals surface area contributed by atoms with Crippen LogP contribution in [0, 0.1) is 0 Å². The standard InChI is InChI=1S/C10H11NS/c1-3-5-10(11-4-2)9-6-7-12-8-9/h3-8H,1H2,2H3/b10-5-,11-4?. The molecule has 1 nitrogen and oxygen atoms in total. The van der Waals surface area contributed by atoms with E-state index in [2.05, 4.69) is 17.0 Å². The SMILES string of the molecule is C=C/C=C(\N=CC)c1ccsc1. The van der Waals surface area contributed by atoms with Crippen LogP contribution >= 0.6 is 11.3 Å². The first kappa shape index (κ1) is 8.94. The van der Waals surface area contributed by atoms with Gasteiger partial charge in [0.25, 0.3) is 0 Å². The quantitative estimate of drug-likeness (QED) is 0.496. The van der Waals surface area contributed by atoms with E-state index in [-0.39, 0.29) is 0 Å². The molecule has 0 saturated heterocycles. The molecule has 0 atom stereocenters. The maximum Gasteiger partial charge on any atom is 0.0706 e. The molecule has 0 fully saturated rings. The Bertz CT molecular complexity index is 294. The van der Waals surface area contributed by atoms with Crippen molar-refractivity contribution in [3.8, 4) is 0 Å². The molecule has 2 heteroatoms. The van der Waals surface area contributed by atoms with Gasteiger partial charge in [-0.2, -0.15) is 11.3 Å². The summed E-state index contributed by atoms with van der Waals surface area (Å²) < 4.78 is 0. The van der Waals surface area contributed by atoms with Crippen LogP contribution in [-0.4, -0.2) is 6.21 Å². The maximum atomic E-state index is 4.23. The Kier molecular flexibility index (Phi) is 3.48. The molecule has 0 amide bonds. The minimum absolute atomic E-state index is 0.966. The first-order valence-electron chi connectivity index (χ1n) is 3.72. The fourth-order valence-corrected chi connectivity index (χ4v) is 1.52. The summed E-state index contributed by atoms with van der Waals surface area (Å²) in [4.78, 5) is 4.23. The third-order valence-corrected chi connectivity index (χ3v) is 2.04. The summed E-state index contributed by atoms with van der Waals surface area (Å²) in [5.74, 6) is 0. The predicted octanol–water partition coefficient (Wildman–Crippen LogP) is 3.37. The van der Waals surface area contributed by atoms with Crippen LogP contribution in [0.3, 0.4) is 0 Å². The van der Waals surface area contributed by atoms with Crippen molar-refractivity contribution < 1.29 is 0 Å². The van der Waals surface area contributed by atoms with Gasteiger partial charge in [0.1, 0.15) is 0 Å². The molecule has 0 aromatic carbocycles. The lowest BCUT2D eigenvalue weighted by Crippen LogP contribution is -1.75. The van der Waals surface area contributed by atoms with Crippen molar-refractivity contribution in [3.05, 3.63) is 41.1 Å². The number of thiophene rings is 1. The van der Waals surface area contributed by atoms with E-state index in [1.807, 2.05) is 24.4 Å². The van der Waals surface area contributed by atoms with E-state index in [4.69, 9.17) is 0 Å². The van der Waals surface area contributed by atoms with Crippen LogP contribution in [0.2, 0.25) is 0 Å². The van der Waals surface area contributed by atoms with Crippen molar-refractivity contribution in [2.45, 2.75) is 6.92 Å². The molecule has 0 aliphatic rings. The molecule has 0 radical (unpaired) electrons. The molecule has 1 aromatic rings. The monoisotopic (exact) mass is 177 g/mol. The van der Waals surface area contributed by atoms with Gasteiger partial charge >= 0.3 is 0 Å². The first-order chi connectivity index (χ1) is 5.88. The van der Waals surface area contributed by atoms with Gasteiger partial charge < -0.3 is 0 Å². The second-order valence-electron chi connectivity index (χ2n) is 2.19. The molecule has 0 saturated carbocycles. The Morgan fingerprint density at radius 3 is 3.00 bits per heavy atom. The van der Waals surface area contributed by atoms with E-state index >= 15 is 0 Å². The highest BCUT2D eigenvalue weighted by molar-refractivity contribution is 7.08. The summed E-state index contributed by atoms with van der Waals surface area (Å²) in [6, 6.07) is 2.05. The van der Waals surface area contributed by atoms with Gasteiger partial charge in [-0.1, -0.05) is 12.7 Å². The number of allylic oxidation sites excluding steroid dienone is 2. The highest BCUT2D eigenvalue weighted by Gasteiger charge is 1.96. The van der Waals surface area contributed by atoms with Crippen LogP contribution < -0.4 is 0 Å². The number of nitrogens with zero attached hydrogens (tertiary/aromatic N) is 1. The largest absolute Gasteiger partial charge is 0.261 e. The van der Waals surface area contributed by atoms with Crippen LogP contribution in [0.1, 0.15) is 12.5 Å². The lowest BCUT2D eigenvalue weighted by Gasteiger charge is -1.94. The Hall–Kier alpha value is -1.15. The molecule has 0 unspecified atom stereocenters. The zero-order chi connectivity index (χ0) is 8.81. The van der Waals surface area contributed by atoms with Gasteiger partial charge in [-0.05, 0) is 24.4 Å². The van der Waals surface area contributed by atoms with Crippen LogP contribution in [0.5, 0.6) is 0 Å². The summed E-state index contributed by atoms with van der Waals surface area (Å²) >= 11 is 1.67. The van der Waals surface area contributed by atoms with Crippen molar-refractivity contribution >= 4 is 23.2 Å². The third-order valence-electron chi connectivity index (χ3n) is 1.36. The van der Waals surface area contributed by atoms with E-state index in [0.29, 0.717) is 0 Å². The van der Waals surface area contributed by atoms with Gasteiger partial charge in [0.2, 0.25) is 0 Å². The molecule has 0 aliphatic carbocycles. The van der Waals surface area contributed by atoms with Crippen molar-refractivity contribution in [1.29, 1.82) is 0 Å². The highest BCUT2D eigenvalue weighted by Crippen LogP contribution is 2.18. The molecule has 62 valence electrons. The fourth-order valence-electron chi connectivity index (χ4n) is 0.875. The van der Waals surface area contributed by atoms with E-state index in [1.165, 1.54) is 0 Å². The predicted molar refractivity (Wildman–Crippen MR) is 56.7 cm³/mol. The Labute approximate surface area is 76.8 Å². The topological polar surface area (TPSA) is 12.4 Å².